The topological polar surface area (TPSA) is 35.8 Å². The fourth-order valence-electron chi connectivity index (χ4n) is 1.58. The number of nitrogens with one attached hydrogen (secondary N) is 1. The molecule has 1 saturated carbocycles. The van der Waals surface area contributed by atoms with Crippen molar-refractivity contribution in [2.45, 2.75) is 17.6 Å². The van der Waals surface area contributed by atoms with Crippen molar-refractivity contribution >= 4 is 29.1 Å². The molecule has 0 atom stereocenters. The maximum Gasteiger partial charge on any atom is 0.0992 e. The van der Waals surface area contributed by atoms with Crippen LogP contribution in [0.3, 0.4) is 0 Å². The van der Waals surface area contributed by atoms with Crippen molar-refractivity contribution in [1.82, 2.24) is 0 Å². The lowest BCUT2D eigenvalue weighted by Crippen LogP contribution is -2.17. The van der Waals surface area contributed by atoms with E-state index in [1.165, 1.54) is 12.8 Å². The molecule has 1 aliphatic rings. The Kier molecular flexibility index (Phi) is 3.32. The second-order valence-electron chi connectivity index (χ2n) is 4.05. The Morgan fingerprint density at radius 1 is 1.56 bits per heavy atom. The number of benzene rings is 1. The Balaban J connectivity index is 2.02. The van der Waals surface area contributed by atoms with Crippen LogP contribution in [0.15, 0.2) is 18.2 Å². The van der Waals surface area contributed by atoms with E-state index in [0.29, 0.717) is 15.3 Å². The van der Waals surface area contributed by atoms with Gasteiger partial charge in [-0.25, -0.2) is 0 Å². The second-order valence-corrected chi connectivity index (χ2v) is 5.73. The van der Waals surface area contributed by atoms with Gasteiger partial charge in [-0.05, 0) is 37.3 Å². The highest BCUT2D eigenvalue weighted by Gasteiger charge is 2.41. The Morgan fingerprint density at radius 2 is 2.31 bits per heavy atom. The lowest BCUT2D eigenvalue weighted by molar-refractivity contribution is 0.949. The summed E-state index contributed by atoms with van der Waals surface area (Å²) in [4.78, 5) is 0. The highest BCUT2D eigenvalue weighted by atomic mass is 35.5. The van der Waals surface area contributed by atoms with Crippen molar-refractivity contribution in [3.63, 3.8) is 0 Å². The minimum atomic E-state index is 0.414. The van der Waals surface area contributed by atoms with E-state index < -0.39 is 0 Å². The molecule has 1 aromatic carbocycles. The first kappa shape index (κ1) is 11.6. The van der Waals surface area contributed by atoms with Gasteiger partial charge in [0.15, 0.2) is 0 Å². The first-order chi connectivity index (χ1) is 7.69. The van der Waals surface area contributed by atoms with Crippen molar-refractivity contribution in [1.29, 1.82) is 5.26 Å². The summed E-state index contributed by atoms with van der Waals surface area (Å²) in [7, 11) is 0. The van der Waals surface area contributed by atoms with Crippen LogP contribution >= 0.6 is 23.4 Å². The van der Waals surface area contributed by atoms with Gasteiger partial charge in [0, 0.05) is 11.3 Å². The minimum Gasteiger partial charge on any atom is -0.382 e. The number of anilines is 1. The highest BCUT2D eigenvalue weighted by molar-refractivity contribution is 8.00. The van der Waals surface area contributed by atoms with E-state index >= 15 is 0 Å². The summed E-state index contributed by atoms with van der Waals surface area (Å²) in [6.07, 6.45) is 4.69. The number of nitriles is 1. The molecule has 0 amide bonds. The van der Waals surface area contributed by atoms with Gasteiger partial charge in [-0.3, -0.25) is 0 Å². The molecule has 1 aliphatic carbocycles. The van der Waals surface area contributed by atoms with E-state index in [1.54, 1.807) is 12.1 Å². The predicted octanol–water partition coefficient (Wildman–Crippen LogP) is 3.52. The summed E-state index contributed by atoms with van der Waals surface area (Å²) in [5.41, 5.74) is 1.52. The maximum absolute atomic E-state index is 8.73. The molecule has 84 valence electrons. The number of thioether (sulfide) groups is 1. The van der Waals surface area contributed by atoms with Crippen molar-refractivity contribution < 1.29 is 0 Å². The zero-order valence-electron chi connectivity index (χ0n) is 9.09. The van der Waals surface area contributed by atoms with Crippen molar-refractivity contribution in [3.8, 4) is 6.07 Å². The van der Waals surface area contributed by atoms with E-state index in [0.717, 1.165) is 12.2 Å². The second kappa shape index (κ2) is 4.57. The number of hydrogen-bond acceptors (Lipinski definition) is 3. The molecule has 0 unspecified atom stereocenters. The average molecular weight is 253 g/mol. The zero-order chi connectivity index (χ0) is 11.6. The number of nitrogens with zero attached hydrogens (tertiary/aromatic N) is 1. The molecule has 2 rings (SSSR count). The van der Waals surface area contributed by atoms with Crippen molar-refractivity contribution in [3.05, 3.63) is 28.8 Å². The van der Waals surface area contributed by atoms with Gasteiger partial charge in [0.05, 0.1) is 22.3 Å². The summed E-state index contributed by atoms with van der Waals surface area (Å²) in [5.74, 6) is 0. The van der Waals surface area contributed by atoms with Crippen molar-refractivity contribution in [2.24, 2.45) is 0 Å². The van der Waals surface area contributed by atoms with Crippen LogP contribution in [0.4, 0.5) is 5.69 Å². The summed E-state index contributed by atoms with van der Waals surface area (Å²) < 4.78 is 0.414. The first-order valence-corrected chi connectivity index (χ1v) is 6.78. The number of halogens is 1. The van der Waals surface area contributed by atoms with E-state index in [1.807, 2.05) is 17.8 Å². The molecule has 1 N–H and O–H groups in total. The third-order valence-corrected chi connectivity index (χ3v) is 4.67. The lowest BCUT2D eigenvalue weighted by Gasteiger charge is -2.15. The zero-order valence-corrected chi connectivity index (χ0v) is 10.7. The third-order valence-electron chi connectivity index (χ3n) is 2.94. The van der Waals surface area contributed by atoms with Gasteiger partial charge in [-0.1, -0.05) is 11.6 Å². The Labute approximate surface area is 105 Å². The molecule has 0 radical (unpaired) electrons. The van der Waals surface area contributed by atoms with Crippen LogP contribution in [-0.2, 0) is 0 Å². The fraction of sp³-hybridized carbons (Fsp3) is 0.417. The molecular weight excluding hydrogens is 240 g/mol. The predicted molar refractivity (Wildman–Crippen MR) is 70.1 cm³/mol. The maximum atomic E-state index is 8.73. The highest BCUT2D eigenvalue weighted by Crippen LogP contribution is 2.47. The van der Waals surface area contributed by atoms with Gasteiger partial charge in [0.1, 0.15) is 0 Å². The summed E-state index contributed by atoms with van der Waals surface area (Å²) >= 11 is 7.99. The Morgan fingerprint density at radius 3 is 2.81 bits per heavy atom. The van der Waals surface area contributed by atoms with Crippen LogP contribution < -0.4 is 5.32 Å². The lowest BCUT2D eigenvalue weighted by atomic mass is 10.2. The molecule has 4 heteroatoms. The minimum absolute atomic E-state index is 0.414. The van der Waals surface area contributed by atoms with Gasteiger partial charge in [-0.15, -0.1) is 0 Å². The van der Waals surface area contributed by atoms with Crippen LogP contribution in [0.25, 0.3) is 0 Å². The fourth-order valence-corrected chi connectivity index (χ4v) is 2.55. The number of hydrogen-bond donors (Lipinski definition) is 1. The normalized spacial score (nSPS) is 16.6. The average Bonchev–Trinajstić information content (AvgIpc) is 3.08. The van der Waals surface area contributed by atoms with Crippen molar-refractivity contribution in [2.75, 3.05) is 18.1 Å². The smallest absolute Gasteiger partial charge is 0.0992 e. The first-order valence-electron chi connectivity index (χ1n) is 5.18. The van der Waals surface area contributed by atoms with E-state index in [-0.39, 0.29) is 0 Å². The Hall–Kier alpha value is -0.850. The third kappa shape index (κ3) is 2.45. The SMILES string of the molecule is CSC1(CNc2ccc(C#N)cc2Cl)CC1. The van der Waals surface area contributed by atoms with Gasteiger partial charge >= 0.3 is 0 Å². The largest absolute Gasteiger partial charge is 0.382 e. The number of rotatable bonds is 4. The monoisotopic (exact) mass is 252 g/mol. The van der Waals surface area contributed by atoms with Crippen LogP contribution in [0.5, 0.6) is 0 Å². The van der Waals surface area contributed by atoms with E-state index in [2.05, 4.69) is 17.6 Å². The summed E-state index contributed by atoms with van der Waals surface area (Å²) in [6.45, 7) is 0.944. The van der Waals surface area contributed by atoms with E-state index in [9.17, 15) is 0 Å². The molecule has 0 bridgehead atoms. The van der Waals surface area contributed by atoms with Gasteiger partial charge in [0.2, 0.25) is 0 Å². The molecule has 2 nitrogen and oxygen atoms in total. The molecular formula is C12H13ClN2S. The molecule has 0 aliphatic heterocycles. The summed E-state index contributed by atoms with van der Waals surface area (Å²) in [5, 5.41) is 12.7. The molecule has 0 aromatic heterocycles. The van der Waals surface area contributed by atoms with Crippen LogP contribution in [0.1, 0.15) is 18.4 Å². The molecule has 0 spiro atoms. The molecule has 1 aromatic rings. The summed E-state index contributed by atoms with van der Waals surface area (Å²) in [6, 6.07) is 7.43. The van der Waals surface area contributed by atoms with Crippen LogP contribution in [0, 0.1) is 11.3 Å². The van der Waals surface area contributed by atoms with Crippen LogP contribution in [0.2, 0.25) is 5.02 Å². The van der Waals surface area contributed by atoms with Gasteiger partial charge in [-0.2, -0.15) is 17.0 Å². The molecule has 16 heavy (non-hydrogen) atoms. The van der Waals surface area contributed by atoms with E-state index in [4.69, 9.17) is 16.9 Å². The molecule has 0 heterocycles. The Bertz CT molecular complexity index is 435. The van der Waals surface area contributed by atoms with Crippen LogP contribution in [-0.4, -0.2) is 17.5 Å². The van der Waals surface area contributed by atoms with Gasteiger partial charge in [0.25, 0.3) is 0 Å². The van der Waals surface area contributed by atoms with Gasteiger partial charge < -0.3 is 5.32 Å². The molecule has 0 saturated heterocycles. The standard InChI is InChI=1S/C12H13ClN2S/c1-16-12(4-5-12)8-15-11-3-2-9(7-14)6-10(11)13/h2-3,6,15H,4-5,8H2,1H3. The molecule has 1 fully saturated rings. The quantitative estimate of drug-likeness (QED) is 0.891.